The number of fused-ring (bicyclic) bond motifs is 1. The Balaban J connectivity index is 1.90. The van der Waals surface area contributed by atoms with Crippen molar-refractivity contribution in [3.05, 3.63) is 89.2 Å². The minimum atomic E-state index is -0.416. The molecule has 2 aromatic heterocycles. The zero-order chi connectivity index (χ0) is 20.4. The summed E-state index contributed by atoms with van der Waals surface area (Å²) in [7, 11) is 3.49. The van der Waals surface area contributed by atoms with E-state index in [4.69, 9.17) is 4.74 Å². The van der Waals surface area contributed by atoms with E-state index in [9.17, 15) is 4.79 Å². The molecule has 146 valence electrons. The van der Waals surface area contributed by atoms with Crippen molar-refractivity contribution in [2.45, 2.75) is 19.8 Å². The lowest BCUT2D eigenvalue weighted by atomic mass is 10.00. The van der Waals surface area contributed by atoms with Gasteiger partial charge in [0.15, 0.2) is 0 Å². The van der Waals surface area contributed by atoms with E-state index >= 15 is 0 Å². The van der Waals surface area contributed by atoms with Crippen molar-refractivity contribution in [2.75, 3.05) is 7.11 Å². The molecule has 0 atom stereocenters. The summed E-state index contributed by atoms with van der Waals surface area (Å²) in [6.45, 7) is 2.17. The highest BCUT2D eigenvalue weighted by atomic mass is 16.5. The molecule has 0 saturated carbocycles. The summed E-state index contributed by atoms with van der Waals surface area (Å²) in [6.07, 6.45) is 1.64. The smallest absolute Gasteiger partial charge is 0.356 e. The lowest BCUT2D eigenvalue weighted by Crippen LogP contribution is -2.06. The van der Waals surface area contributed by atoms with Crippen LogP contribution in [0, 0.1) is 0 Å². The monoisotopic (exact) mass is 384 g/mol. The Labute approximate surface area is 170 Å². The predicted octanol–water partition coefficient (Wildman–Crippen LogP) is 5.18. The van der Waals surface area contributed by atoms with Gasteiger partial charge >= 0.3 is 5.97 Å². The molecule has 29 heavy (non-hydrogen) atoms. The molecule has 2 heterocycles. The maximum atomic E-state index is 11.9. The van der Waals surface area contributed by atoms with Crippen LogP contribution in [0.2, 0.25) is 0 Å². The van der Waals surface area contributed by atoms with E-state index in [1.54, 1.807) is 6.07 Å². The van der Waals surface area contributed by atoms with E-state index in [2.05, 4.69) is 66.0 Å². The van der Waals surface area contributed by atoms with Crippen molar-refractivity contribution in [2.24, 2.45) is 7.05 Å². The Morgan fingerprint density at radius 2 is 1.83 bits per heavy atom. The van der Waals surface area contributed by atoms with Crippen LogP contribution >= 0.6 is 0 Å². The average Bonchev–Trinajstić information content (AvgIpc) is 3.04. The van der Waals surface area contributed by atoms with Crippen LogP contribution in [0.25, 0.3) is 22.2 Å². The second-order valence-electron chi connectivity index (χ2n) is 7.14. The van der Waals surface area contributed by atoms with Crippen molar-refractivity contribution in [3.63, 3.8) is 0 Å². The Morgan fingerprint density at radius 1 is 1.03 bits per heavy atom. The lowest BCUT2D eigenvalue weighted by Gasteiger charge is -2.09. The summed E-state index contributed by atoms with van der Waals surface area (Å²) < 4.78 is 7.10. The van der Waals surface area contributed by atoms with Crippen LogP contribution in [0.4, 0.5) is 0 Å². The van der Waals surface area contributed by atoms with E-state index in [-0.39, 0.29) is 0 Å². The van der Waals surface area contributed by atoms with Gasteiger partial charge in [-0.3, -0.25) is 0 Å². The van der Waals surface area contributed by atoms with Gasteiger partial charge in [0, 0.05) is 30.1 Å². The molecule has 0 amide bonds. The van der Waals surface area contributed by atoms with Gasteiger partial charge in [0.2, 0.25) is 0 Å². The summed E-state index contributed by atoms with van der Waals surface area (Å²) in [5.41, 5.74) is 7.27. The number of benzene rings is 2. The quantitative estimate of drug-likeness (QED) is 0.445. The first kappa shape index (κ1) is 18.9. The van der Waals surface area contributed by atoms with Gasteiger partial charge in [-0.1, -0.05) is 55.5 Å². The molecular weight excluding hydrogens is 360 g/mol. The molecule has 4 aromatic rings. The number of carbonyl (C=O) groups excluding carboxylic acids is 1. The number of pyridine rings is 1. The van der Waals surface area contributed by atoms with E-state index in [0.717, 1.165) is 12.1 Å². The van der Waals surface area contributed by atoms with E-state index in [0.29, 0.717) is 12.1 Å². The van der Waals surface area contributed by atoms with Crippen LogP contribution in [0.1, 0.15) is 34.2 Å². The van der Waals surface area contributed by atoms with E-state index in [1.807, 2.05) is 18.2 Å². The topological polar surface area (TPSA) is 44.1 Å². The van der Waals surface area contributed by atoms with Crippen LogP contribution in [0.3, 0.4) is 0 Å². The van der Waals surface area contributed by atoms with Gasteiger partial charge in [-0.05, 0) is 41.3 Å². The summed E-state index contributed by atoms with van der Waals surface area (Å²) in [5, 5.41) is 1.22. The molecule has 0 aliphatic carbocycles. The summed E-state index contributed by atoms with van der Waals surface area (Å²) in [4.78, 5) is 16.4. The number of aryl methyl sites for hydroxylation is 2. The Kier molecular flexibility index (Phi) is 5.17. The second kappa shape index (κ2) is 7.92. The summed E-state index contributed by atoms with van der Waals surface area (Å²) >= 11 is 0. The molecule has 0 N–H and O–H groups in total. The van der Waals surface area contributed by atoms with Gasteiger partial charge in [0.25, 0.3) is 0 Å². The highest BCUT2D eigenvalue weighted by Gasteiger charge is 2.18. The maximum Gasteiger partial charge on any atom is 0.356 e. The van der Waals surface area contributed by atoms with Gasteiger partial charge < -0.3 is 9.30 Å². The third kappa shape index (κ3) is 3.54. The molecule has 0 aliphatic rings. The molecule has 0 bridgehead atoms. The van der Waals surface area contributed by atoms with Gasteiger partial charge in [-0.25, -0.2) is 9.78 Å². The number of hydrogen-bond acceptors (Lipinski definition) is 3. The first-order valence-corrected chi connectivity index (χ1v) is 9.82. The Morgan fingerprint density at radius 3 is 2.55 bits per heavy atom. The van der Waals surface area contributed by atoms with Crippen LogP contribution < -0.4 is 0 Å². The van der Waals surface area contributed by atoms with Crippen LogP contribution in [0.5, 0.6) is 0 Å². The molecule has 0 radical (unpaired) electrons. The number of esters is 1. The predicted molar refractivity (Wildman–Crippen MR) is 116 cm³/mol. The SMILES string of the molecule is CCc1ccc2c(Cc3cccc(C(=O)OC)n3)c(-c3ccccc3)n(C)c2c1. The van der Waals surface area contributed by atoms with E-state index < -0.39 is 5.97 Å². The molecule has 0 unspecified atom stereocenters. The molecule has 4 nitrogen and oxygen atoms in total. The fourth-order valence-corrected chi connectivity index (χ4v) is 3.90. The Bertz CT molecular complexity index is 1180. The van der Waals surface area contributed by atoms with Gasteiger partial charge in [-0.15, -0.1) is 0 Å². The van der Waals surface area contributed by atoms with Crippen molar-refractivity contribution >= 4 is 16.9 Å². The zero-order valence-electron chi connectivity index (χ0n) is 17.0. The number of carbonyl (C=O) groups is 1. The molecule has 0 saturated heterocycles. The number of ether oxygens (including phenoxy) is 1. The molecule has 0 spiro atoms. The summed E-state index contributed by atoms with van der Waals surface area (Å²) in [5.74, 6) is -0.416. The molecular formula is C25H24N2O2. The number of nitrogens with zero attached hydrogens (tertiary/aromatic N) is 2. The van der Waals surface area contributed by atoms with Gasteiger partial charge in [-0.2, -0.15) is 0 Å². The fraction of sp³-hybridized carbons (Fsp3) is 0.200. The molecule has 2 aromatic carbocycles. The molecule has 0 aliphatic heterocycles. The Hall–Kier alpha value is -3.40. The summed E-state index contributed by atoms with van der Waals surface area (Å²) in [6, 6.07) is 22.6. The third-order valence-electron chi connectivity index (χ3n) is 5.38. The minimum Gasteiger partial charge on any atom is -0.464 e. The second-order valence-corrected chi connectivity index (χ2v) is 7.14. The zero-order valence-corrected chi connectivity index (χ0v) is 17.0. The fourth-order valence-electron chi connectivity index (χ4n) is 3.90. The third-order valence-corrected chi connectivity index (χ3v) is 5.38. The van der Waals surface area contributed by atoms with Crippen molar-refractivity contribution < 1.29 is 9.53 Å². The molecule has 4 heteroatoms. The number of methoxy groups -OCH3 is 1. The van der Waals surface area contributed by atoms with Crippen LogP contribution in [-0.2, 0) is 24.6 Å². The van der Waals surface area contributed by atoms with Crippen molar-refractivity contribution in [1.29, 1.82) is 0 Å². The maximum absolute atomic E-state index is 11.9. The lowest BCUT2D eigenvalue weighted by molar-refractivity contribution is 0.0593. The number of hydrogen-bond donors (Lipinski definition) is 0. The minimum absolute atomic E-state index is 0.333. The van der Waals surface area contributed by atoms with Gasteiger partial charge in [0.1, 0.15) is 5.69 Å². The first-order chi connectivity index (χ1) is 14.1. The van der Waals surface area contributed by atoms with Gasteiger partial charge in [0.05, 0.1) is 12.8 Å². The molecule has 4 rings (SSSR count). The highest BCUT2D eigenvalue weighted by molar-refractivity contribution is 5.92. The normalized spacial score (nSPS) is 11.0. The first-order valence-electron chi connectivity index (χ1n) is 9.82. The van der Waals surface area contributed by atoms with Crippen molar-refractivity contribution in [1.82, 2.24) is 9.55 Å². The number of rotatable bonds is 5. The largest absolute Gasteiger partial charge is 0.464 e. The number of aromatic nitrogens is 2. The van der Waals surface area contributed by atoms with E-state index in [1.165, 1.54) is 40.4 Å². The average molecular weight is 384 g/mol. The van der Waals surface area contributed by atoms with Crippen molar-refractivity contribution in [3.8, 4) is 11.3 Å². The molecule has 0 fully saturated rings. The van der Waals surface area contributed by atoms with Crippen LogP contribution in [-0.4, -0.2) is 22.6 Å². The standard InChI is InChI=1S/C25H24N2O2/c1-4-17-13-14-20-21(16-19-11-8-12-22(26-19)25(28)29-3)24(27(2)23(20)15-17)18-9-6-5-7-10-18/h5-15H,4,16H2,1-3H3. The highest BCUT2D eigenvalue weighted by Crippen LogP contribution is 2.35. The van der Waals surface area contributed by atoms with Crippen LogP contribution in [0.15, 0.2) is 66.7 Å².